The number of hydrogen-bond acceptors (Lipinski definition) is 2. The second kappa shape index (κ2) is 3.39. The van der Waals surface area contributed by atoms with Crippen molar-refractivity contribution in [2.24, 2.45) is 0 Å². The molecule has 0 aromatic carbocycles. The van der Waals surface area contributed by atoms with Crippen LogP contribution in [-0.4, -0.2) is 6.29 Å². The number of carbonyl (C=O) groups excluding carboxylic acids is 1. The average molecular weight is 257 g/mol. The lowest BCUT2D eigenvalue weighted by Crippen LogP contribution is -2.25. The molecule has 0 radical (unpaired) electrons. The first kappa shape index (κ1) is 9.16. The second-order valence-corrected chi connectivity index (χ2v) is 5.26. The molecule has 0 bridgehead atoms. The van der Waals surface area contributed by atoms with Gasteiger partial charge in [0.1, 0.15) is 0 Å². The van der Waals surface area contributed by atoms with E-state index < -0.39 is 0 Å². The van der Waals surface area contributed by atoms with E-state index in [0.717, 1.165) is 34.8 Å². The number of rotatable bonds is 1. The van der Waals surface area contributed by atoms with Gasteiger partial charge in [-0.3, -0.25) is 4.79 Å². The van der Waals surface area contributed by atoms with Gasteiger partial charge in [-0.1, -0.05) is 22.0 Å². The Balaban J connectivity index is 2.93. The Hall–Kier alpha value is -0.410. The average Bonchev–Trinajstić information content (AvgIpc) is 2.43. The minimum Gasteiger partial charge on any atom is -0.298 e. The molecule has 0 fully saturated rings. The Morgan fingerprint density at radius 2 is 2.38 bits per heavy atom. The van der Waals surface area contributed by atoms with E-state index in [1.807, 2.05) is 6.92 Å². The highest BCUT2D eigenvalue weighted by atomic mass is 79.9. The number of thiophene rings is 1. The van der Waals surface area contributed by atoms with Gasteiger partial charge in [0.05, 0.1) is 0 Å². The van der Waals surface area contributed by atoms with Crippen molar-refractivity contribution in [2.45, 2.75) is 19.8 Å². The minimum absolute atomic E-state index is 0.872. The summed E-state index contributed by atoms with van der Waals surface area (Å²) in [5, 5.41) is 1.13. The van der Waals surface area contributed by atoms with Crippen molar-refractivity contribution in [3.63, 3.8) is 0 Å². The fourth-order valence-corrected chi connectivity index (χ4v) is 3.36. The van der Waals surface area contributed by atoms with Gasteiger partial charge in [-0.2, -0.15) is 0 Å². The number of fused-ring (bicyclic) bond motifs is 1. The molecule has 1 heterocycles. The van der Waals surface area contributed by atoms with Crippen LogP contribution >= 0.6 is 27.3 Å². The molecule has 0 saturated heterocycles. The molecule has 0 saturated carbocycles. The molecule has 0 N–H and O–H groups in total. The summed E-state index contributed by atoms with van der Waals surface area (Å²) in [5.41, 5.74) is 0.872. The van der Waals surface area contributed by atoms with Crippen molar-refractivity contribution >= 4 is 44.1 Å². The number of aldehydes is 1. The number of halogens is 1. The van der Waals surface area contributed by atoms with Gasteiger partial charge in [-0.05, 0) is 19.8 Å². The molecule has 0 atom stereocenters. The molecule has 0 amide bonds. The van der Waals surface area contributed by atoms with Crippen LogP contribution in [0, 0.1) is 6.92 Å². The zero-order valence-corrected chi connectivity index (χ0v) is 9.67. The number of hydrogen-bond donors (Lipinski definition) is 0. The largest absolute Gasteiger partial charge is 0.298 e. The molecule has 1 aliphatic carbocycles. The lowest BCUT2D eigenvalue weighted by atomic mass is 10.1. The molecule has 0 unspecified atom stereocenters. The van der Waals surface area contributed by atoms with Gasteiger partial charge >= 0.3 is 0 Å². The summed E-state index contributed by atoms with van der Waals surface area (Å²) >= 11 is 5.26. The van der Waals surface area contributed by atoms with Crippen LogP contribution in [-0.2, 0) is 0 Å². The number of aryl methyl sites for hydroxylation is 1. The van der Waals surface area contributed by atoms with Crippen LogP contribution in [0.25, 0.3) is 10.6 Å². The lowest BCUT2D eigenvalue weighted by molar-refractivity contribution is 0.112. The van der Waals surface area contributed by atoms with Crippen molar-refractivity contribution < 1.29 is 4.79 Å². The summed E-state index contributed by atoms with van der Waals surface area (Å²) in [6.45, 7) is 2.00. The fourth-order valence-electron chi connectivity index (χ4n) is 1.58. The Bertz CT molecular complexity index is 470. The van der Waals surface area contributed by atoms with Crippen LogP contribution in [0.2, 0.25) is 0 Å². The third-order valence-electron chi connectivity index (χ3n) is 2.25. The normalized spacial score (nSPS) is 15.1. The topological polar surface area (TPSA) is 17.1 Å². The third kappa shape index (κ3) is 1.40. The fraction of sp³-hybridized carbons (Fsp3) is 0.300. The lowest BCUT2D eigenvalue weighted by Gasteiger charge is -1.99. The molecule has 2 rings (SSSR count). The van der Waals surface area contributed by atoms with Gasteiger partial charge in [0.2, 0.25) is 0 Å². The zero-order valence-electron chi connectivity index (χ0n) is 7.26. The van der Waals surface area contributed by atoms with Crippen LogP contribution in [0.1, 0.15) is 28.1 Å². The monoisotopic (exact) mass is 256 g/mol. The van der Waals surface area contributed by atoms with E-state index in [-0.39, 0.29) is 0 Å². The molecule has 0 spiro atoms. The Labute approximate surface area is 88.9 Å². The second-order valence-electron chi connectivity index (χ2n) is 3.08. The quantitative estimate of drug-likeness (QED) is 0.703. The van der Waals surface area contributed by atoms with Crippen molar-refractivity contribution in [3.05, 3.63) is 20.2 Å². The molecule has 0 aliphatic heterocycles. The van der Waals surface area contributed by atoms with Crippen molar-refractivity contribution in [2.75, 3.05) is 0 Å². The summed E-state index contributed by atoms with van der Waals surface area (Å²) in [4.78, 5) is 11.9. The van der Waals surface area contributed by atoms with Gasteiger partial charge < -0.3 is 0 Å². The predicted molar refractivity (Wildman–Crippen MR) is 59.7 cm³/mol. The summed E-state index contributed by atoms with van der Waals surface area (Å²) < 4.78 is 2.48. The maximum absolute atomic E-state index is 10.8. The molecule has 1 aromatic rings. The maximum Gasteiger partial charge on any atom is 0.151 e. The van der Waals surface area contributed by atoms with E-state index in [4.69, 9.17) is 0 Å². The molecular formula is C10H9BrOS. The van der Waals surface area contributed by atoms with E-state index in [2.05, 4.69) is 22.0 Å². The SMILES string of the molecule is Cc1sc2c(c1C=O)=CCCC=2Br. The molecular weight excluding hydrogens is 248 g/mol. The first-order valence-corrected chi connectivity index (χ1v) is 5.78. The third-order valence-corrected chi connectivity index (χ3v) is 4.50. The maximum atomic E-state index is 10.8. The van der Waals surface area contributed by atoms with Crippen LogP contribution < -0.4 is 9.75 Å². The van der Waals surface area contributed by atoms with Crippen LogP contribution in [0.4, 0.5) is 0 Å². The Morgan fingerprint density at radius 3 is 3.08 bits per heavy atom. The van der Waals surface area contributed by atoms with Gasteiger partial charge in [-0.25, -0.2) is 0 Å². The van der Waals surface area contributed by atoms with Crippen LogP contribution in [0.3, 0.4) is 0 Å². The molecule has 1 nitrogen and oxygen atoms in total. The standard InChI is InChI=1S/C10H9BrOS/c1-6-8(5-12)7-3-2-4-9(11)10(7)13-6/h3,5H,2,4H2,1H3. The minimum atomic E-state index is 0.872. The molecule has 3 heteroatoms. The molecule has 1 aliphatic rings. The van der Waals surface area contributed by atoms with Gasteiger partial charge in [0.25, 0.3) is 0 Å². The van der Waals surface area contributed by atoms with E-state index in [1.54, 1.807) is 11.3 Å². The first-order chi connectivity index (χ1) is 6.24. The summed E-state index contributed by atoms with van der Waals surface area (Å²) in [6, 6.07) is 0. The van der Waals surface area contributed by atoms with Crippen molar-refractivity contribution in [3.8, 4) is 0 Å². The highest BCUT2D eigenvalue weighted by molar-refractivity contribution is 9.14. The summed E-state index contributed by atoms with van der Waals surface area (Å²) in [5.74, 6) is 0. The van der Waals surface area contributed by atoms with Crippen LogP contribution in [0.15, 0.2) is 0 Å². The van der Waals surface area contributed by atoms with E-state index in [0.29, 0.717) is 0 Å². The summed E-state index contributed by atoms with van der Waals surface area (Å²) in [7, 11) is 0. The molecule has 68 valence electrons. The first-order valence-electron chi connectivity index (χ1n) is 4.17. The van der Waals surface area contributed by atoms with E-state index in [9.17, 15) is 4.79 Å². The highest BCUT2D eigenvalue weighted by Gasteiger charge is 2.09. The smallest absolute Gasteiger partial charge is 0.151 e. The summed E-state index contributed by atoms with van der Waals surface area (Å²) in [6.07, 6.45) is 5.22. The Morgan fingerprint density at radius 1 is 1.62 bits per heavy atom. The molecule has 1 aromatic heterocycles. The van der Waals surface area contributed by atoms with Gasteiger partial charge in [-0.15, -0.1) is 11.3 Å². The zero-order chi connectivity index (χ0) is 9.42. The predicted octanol–water partition coefficient (Wildman–Crippen LogP) is 1.95. The molecule has 13 heavy (non-hydrogen) atoms. The Kier molecular flexibility index (Phi) is 2.39. The van der Waals surface area contributed by atoms with Crippen molar-refractivity contribution in [1.29, 1.82) is 0 Å². The van der Waals surface area contributed by atoms with E-state index >= 15 is 0 Å². The van der Waals surface area contributed by atoms with Crippen molar-refractivity contribution in [1.82, 2.24) is 0 Å². The van der Waals surface area contributed by atoms with Gasteiger partial charge in [0.15, 0.2) is 6.29 Å². The van der Waals surface area contributed by atoms with Gasteiger partial charge in [0, 0.05) is 24.7 Å². The van der Waals surface area contributed by atoms with Crippen LogP contribution in [0.5, 0.6) is 0 Å². The number of carbonyl (C=O) groups is 1. The highest BCUT2D eigenvalue weighted by Crippen LogP contribution is 2.17. The van der Waals surface area contributed by atoms with E-state index in [1.165, 1.54) is 9.01 Å².